The molecule has 0 N–H and O–H groups in total. The Hall–Kier alpha value is -1.54. The summed E-state index contributed by atoms with van der Waals surface area (Å²) in [5.74, 6) is 2.28. The number of thioether (sulfide) groups is 1. The predicted octanol–water partition coefficient (Wildman–Crippen LogP) is 4.09. The first kappa shape index (κ1) is 22.6. The highest BCUT2D eigenvalue weighted by atomic mass is 32.2. The van der Waals surface area contributed by atoms with E-state index in [1.54, 1.807) is 0 Å². The van der Waals surface area contributed by atoms with Gasteiger partial charge in [0.1, 0.15) is 0 Å². The number of carbonyl (C=O) groups excluding carboxylic acids is 1. The first-order valence-corrected chi connectivity index (χ1v) is 13.1. The Balaban J connectivity index is 1.46. The summed E-state index contributed by atoms with van der Waals surface area (Å²) >= 11 is 1.52. The van der Waals surface area contributed by atoms with Crippen molar-refractivity contribution in [3.8, 4) is 0 Å². The van der Waals surface area contributed by atoms with Crippen LogP contribution in [0.4, 0.5) is 5.95 Å². The molecule has 1 unspecified atom stereocenters. The molecule has 3 heterocycles. The molecular formula is C23H37N5O2S. The van der Waals surface area contributed by atoms with Crippen molar-refractivity contribution < 1.29 is 9.53 Å². The SMILES string of the molecule is CCN(C(=O)CSc1nnc(N2CCC(C)CC2)n1CC1CCCO1)C1=CCCCC1. The van der Waals surface area contributed by atoms with Crippen LogP contribution < -0.4 is 4.90 Å². The number of nitrogens with zero attached hydrogens (tertiary/aromatic N) is 5. The van der Waals surface area contributed by atoms with E-state index in [2.05, 4.69) is 39.6 Å². The third-order valence-corrected chi connectivity index (χ3v) is 7.68. The van der Waals surface area contributed by atoms with Gasteiger partial charge in [-0.25, -0.2) is 0 Å². The zero-order valence-electron chi connectivity index (χ0n) is 19.1. The molecule has 1 aliphatic carbocycles. The number of piperidine rings is 1. The van der Waals surface area contributed by atoms with Crippen LogP contribution in [-0.2, 0) is 16.1 Å². The summed E-state index contributed by atoms with van der Waals surface area (Å²) in [4.78, 5) is 17.3. The maximum atomic E-state index is 13.0. The maximum absolute atomic E-state index is 13.0. The summed E-state index contributed by atoms with van der Waals surface area (Å²) in [6, 6.07) is 0. The van der Waals surface area contributed by atoms with Gasteiger partial charge >= 0.3 is 0 Å². The molecule has 1 aromatic heterocycles. The number of carbonyl (C=O) groups is 1. The van der Waals surface area contributed by atoms with Crippen molar-refractivity contribution in [2.75, 3.05) is 36.9 Å². The summed E-state index contributed by atoms with van der Waals surface area (Å²) in [6.07, 6.45) is 11.5. The van der Waals surface area contributed by atoms with Gasteiger partial charge in [0, 0.05) is 31.9 Å². The van der Waals surface area contributed by atoms with E-state index in [1.807, 2.05) is 4.90 Å². The summed E-state index contributed by atoms with van der Waals surface area (Å²) in [6.45, 7) is 8.76. The third kappa shape index (κ3) is 5.64. The molecule has 2 fully saturated rings. The lowest BCUT2D eigenvalue weighted by molar-refractivity contribution is -0.126. The maximum Gasteiger partial charge on any atom is 0.237 e. The van der Waals surface area contributed by atoms with E-state index in [9.17, 15) is 4.79 Å². The van der Waals surface area contributed by atoms with Gasteiger partial charge in [-0.2, -0.15) is 0 Å². The van der Waals surface area contributed by atoms with Crippen molar-refractivity contribution in [3.63, 3.8) is 0 Å². The molecule has 1 atom stereocenters. The van der Waals surface area contributed by atoms with Crippen LogP contribution in [0.15, 0.2) is 16.9 Å². The van der Waals surface area contributed by atoms with Crippen LogP contribution in [0, 0.1) is 5.92 Å². The Morgan fingerprint density at radius 3 is 2.74 bits per heavy atom. The summed E-state index contributed by atoms with van der Waals surface area (Å²) in [7, 11) is 0. The number of amides is 1. The minimum Gasteiger partial charge on any atom is -0.376 e. The molecule has 1 amide bonds. The predicted molar refractivity (Wildman–Crippen MR) is 124 cm³/mol. The topological polar surface area (TPSA) is 63.5 Å². The Kier molecular flexibility index (Phi) is 7.93. The molecule has 4 rings (SSSR count). The number of anilines is 1. The Morgan fingerprint density at radius 2 is 2.06 bits per heavy atom. The minimum atomic E-state index is 0.167. The average molecular weight is 448 g/mol. The van der Waals surface area contributed by atoms with Gasteiger partial charge in [0.25, 0.3) is 0 Å². The normalized spacial score (nSPS) is 22.6. The second-order valence-corrected chi connectivity index (χ2v) is 10.0. The van der Waals surface area contributed by atoms with Crippen molar-refractivity contribution in [1.82, 2.24) is 19.7 Å². The van der Waals surface area contributed by atoms with Crippen LogP contribution >= 0.6 is 11.8 Å². The van der Waals surface area contributed by atoms with E-state index in [0.29, 0.717) is 5.75 Å². The third-order valence-electron chi connectivity index (χ3n) is 6.73. The number of allylic oxidation sites excluding steroid dienone is 2. The first-order valence-electron chi connectivity index (χ1n) is 12.1. The molecule has 0 saturated carbocycles. The molecule has 0 bridgehead atoms. The summed E-state index contributed by atoms with van der Waals surface area (Å²) in [5, 5.41) is 9.92. The monoisotopic (exact) mass is 447 g/mol. The van der Waals surface area contributed by atoms with Crippen LogP contribution in [0.25, 0.3) is 0 Å². The molecule has 31 heavy (non-hydrogen) atoms. The summed E-state index contributed by atoms with van der Waals surface area (Å²) in [5.41, 5.74) is 1.20. The van der Waals surface area contributed by atoms with E-state index in [4.69, 9.17) is 4.74 Å². The second kappa shape index (κ2) is 10.9. The average Bonchev–Trinajstić information content (AvgIpc) is 3.45. The lowest BCUT2D eigenvalue weighted by atomic mass is 10.00. The van der Waals surface area contributed by atoms with Crippen LogP contribution in [-0.4, -0.2) is 63.7 Å². The fourth-order valence-electron chi connectivity index (χ4n) is 4.79. The summed E-state index contributed by atoms with van der Waals surface area (Å²) < 4.78 is 8.12. The van der Waals surface area contributed by atoms with Gasteiger partial charge in [0.2, 0.25) is 11.9 Å². The Bertz CT molecular complexity index is 766. The highest BCUT2D eigenvalue weighted by molar-refractivity contribution is 7.99. The lowest BCUT2D eigenvalue weighted by Crippen LogP contribution is -2.35. The van der Waals surface area contributed by atoms with Crippen molar-refractivity contribution in [2.45, 2.75) is 83.0 Å². The second-order valence-electron chi connectivity index (χ2n) is 9.07. The fourth-order valence-corrected chi connectivity index (χ4v) is 5.61. The van der Waals surface area contributed by atoms with Crippen molar-refractivity contribution in [3.05, 3.63) is 11.8 Å². The first-order chi connectivity index (χ1) is 15.2. The minimum absolute atomic E-state index is 0.167. The molecule has 1 aromatic rings. The van der Waals surface area contributed by atoms with E-state index >= 15 is 0 Å². The van der Waals surface area contributed by atoms with Gasteiger partial charge in [0.05, 0.1) is 18.4 Å². The van der Waals surface area contributed by atoms with Crippen molar-refractivity contribution in [2.24, 2.45) is 5.92 Å². The van der Waals surface area contributed by atoms with E-state index in [1.165, 1.54) is 43.1 Å². The number of ether oxygens (including phenoxy) is 1. The van der Waals surface area contributed by atoms with Gasteiger partial charge in [-0.05, 0) is 64.2 Å². The molecule has 7 nitrogen and oxygen atoms in total. The van der Waals surface area contributed by atoms with Crippen LogP contribution in [0.2, 0.25) is 0 Å². The molecule has 2 saturated heterocycles. The van der Waals surface area contributed by atoms with Crippen molar-refractivity contribution >= 4 is 23.6 Å². The van der Waals surface area contributed by atoms with E-state index < -0.39 is 0 Å². The Labute approximate surface area is 190 Å². The smallest absolute Gasteiger partial charge is 0.237 e. The fraction of sp³-hybridized carbons (Fsp3) is 0.783. The molecule has 3 aliphatic rings. The van der Waals surface area contributed by atoms with Gasteiger partial charge < -0.3 is 14.5 Å². The van der Waals surface area contributed by atoms with Gasteiger partial charge in [0.15, 0.2) is 5.16 Å². The van der Waals surface area contributed by atoms with E-state index in [0.717, 1.165) is 75.5 Å². The number of hydrogen-bond donors (Lipinski definition) is 0. The number of aromatic nitrogens is 3. The largest absolute Gasteiger partial charge is 0.376 e. The zero-order valence-corrected chi connectivity index (χ0v) is 19.9. The van der Waals surface area contributed by atoms with Gasteiger partial charge in [-0.1, -0.05) is 24.8 Å². The number of rotatable bonds is 8. The van der Waals surface area contributed by atoms with Crippen LogP contribution in [0.1, 0.15) is 65.2 Å². The number of hydrogen-bond acceptors (Lipinski definition) is 6. The Morgan fingerprint density at radius 1 is 1.23 bits per heavy atom. The molecule has 172 valence electrons. The van der Waals surface area contributed by atoms with Gasteiger partial charge in [-0.15, -0.1) is 10.2 Å². The highest BCUT2D eigenvalue weighted by Gasteiger charge is 2.27. The lowest BCUT2D eigenvalue weighted by Gasteiger charge is -2.31. The molecular weight excluding hydrogens is 410 g/mol. The van der Waals surface area contributed by atoms with Crippen LogP contribution in [0.5, 0.6) is 0 Å². The molecule has 8 heteroatoms. The standard InChI is InChI=1S/C23H37N5O2S/c1-3-27(19-8-5-4-6-9-19)21(29)17-31-23-25-24-22(26-13-11-18(2)12-14-26)28(23)16-20-10-7-15-30-20/h8,18,20H,3-7,9-17H2,1-2H3. The highest BCUT2D eigenvalue weighted by Crippen LogP contribution is 2.29. The zero-order chi connectivity index (χ0) is 21.6. The quantitative estimate of drug-likeness (QED) is 0.559. The molecule has 0 radical (unpaired) electrons. The van der Waals surface area contributed by atoms with Gasteiger partial charge in [-0.3, -0.25) is 9.36 Å². The van der Waals surface area contributed by atoms with Crippen molar-refractivity contribution in [1.29, 1.82) is 0 Å². The molecule has 0 spiro atoms. The van der Waals surface area contributed by atoms with E-state index in [-0.39, 0.29) is 12.0 Å². The molecule has 0 aromatic carbocycles. The molecule has 2 aliphatic heterocycles. The van der Waals surface area contributed by atoms with Crippen LogP contribution in [0.3, 0.4) is 0 Å².